The molecule has 1 N–H and O–H groups in total. The Kier molecular flexibility index (Phi) is 4.42. The van der Waals surface area contributed by atoms with E-state index in [-0.39, 0.29) is 5.82 Å². The predicted molar refractivity (Wildman–Crippen MR) is 71.7 cm³/mol. The Morgan fingerprint density at radius 3 is 3.06 bits per heavy atom. The first kappa shape index (κ1) is 13.1. The summed E-state index contributed by atoms with van der Waals surface area (Å²) in [6, 6.07) is 4.61. The first-order chi connectivity index (χ1) is 8.69. The van der Waals surface area contributed by atoms with Crippen molar-refractivity contribution >= 4 is 5.69 Å². The Labute approximate surface area is 108 Å². The molecule has 0 radical (unpaired) electrons. The molecule has 3 nitrogen and oxygen atoms in total. The fourth-order valence-electron chi connectivity index (χ4n) is 2.51. The topological polar surface area (TPSA) is 24.5 Å². The monoisotopic (exact) mass is 252 g/mol. The number of hydrogen-bond acceptors (Lipinski definition) is 3. The average molecular weight is 252 g/mol. The summed E-state index contributed by atoms with van der Waals surface area (Å²) >= 11 is 0. The third-order valence-electron chi connectivity index (χ3n) is 3.47. The van der Waals surface area contributed by atoms with E-state index < -0.39 is 0 Å². The van der Waals surface area contributed by atoms with Gasteiger partial charge in [-0.05, 0) is 44.5 Å². The molecule has 0 bridgehead atoms. The molecule has 1 aromatic rings. The van der Waals surface area contributed by atoms with Crippen LogP contribution in [0.25, 0.3) is 0 Å². The van der Waals surface area contributed by atoms with E-state index in [1.54, 1.807) is 13.2 Å². The molecule has 1 aromatic carbocycles. The summed E-state index contributed by atoms with van der Waals surface area (Å²) in [7, 11) is 3.72. The highest BCUT2D eigenvalue weighted by Gasteiger charge is 2.17. The van der Waals surface area contributed by atoms with Crippen LogP contribution in [0.1, 0.15) is 12.8 Å². The lowest BCUT2D eigenvalue weighted by Gasteiger charge is -2.30. The molecule has 1 atom stereocenters. The molecular formula is C14H21FN2O. The van der Waals surface area contributed by atoms with E-state index in [1.165, 1.54) is 31.5 Å². The maximum absolute atomic E-state index is 13.1. The third kappa shape index (κ3) is 3.35. The number of likely N-dealkylation sites (tertiary alicyclic amines) is 1. The molecule has 1 unspecified atom stereocenters. The van der Waals surface area contributed by atoms with Crippen LogP contribution in [0.15, 0.2) is 18.2 Å². The van der Waals surface area contributed by atoms with E-state index in [1.807, 2.05) is 0 Å². The number of anilines is 1. The van der Waals surface area contributed by atoms with Crippen molar-refractivity contribution in [3.05, 3.63) is 24.0 Å². The first-order valence-electron chi connectivity index (χ1n) is 6.45. The van der Waals surface area contributed by atoms with Gasteiger partial charge in [0.15, 0.2) is 0 Å². The van der Waals surface area contributed by atoms with Gasteiger partial charge >= 0.3 is 0 Å². The number of rotatable bonds is 4. The minimum Gasteiger partial charge on any atom is -0.494 e. The molecule has 4 heteroatoms. The summed E-state index contributed by atoms with van der Waals surface area (Å²) in [5.74, 6) is 0.951. The van der Waals surface area contributed by atoms with Crippen LogP contribution in [0.4, 0.5) is 10.1 Å². The van der Waals surface area contributed by atoms with Crippen LogP contribution < -0.4 is 10.1 Å². The Balaban J connectivity index is 1.93. The molecule has 1 fully saturated rings. The lowest BCUT2D eigenvalue weighted by molar-refractivity contribution is 0.217. The van der Waals surface area contributed by atoms with Crippen molar-refractivity contribution in [2.24, 2.45) is 5.92 Å². The SMILES string of the molecule is COc1cc(F)ccc1NCC1CCCN(C)C1. The number of piperidine rings is 1. The summed E-state index contributed by atoms with van der Waals surface area (Å²) in [6.07, 6.45) is 2.50. The van der Waals surface area contributed by atoms with Gasteiger partial charge in [0.25, 0.3) is 0 Å². The van der Waals surface area contributed by atoms with Gasteiger partial charge in [-0.1, -0.05) is 0 Å². The maximum Gasteiger partial charge on any atom is 0.144 e. The smallest absolute Gasteiger partial charge is 0.144 e. The van der Waals surface area contributed by atoms with Gasteiger partial charge in [-0.15, -0.1) is 0 Å². The molecule has 0 aromatic heterocycles. The Hall–Kier alpha value is -1.29. The van der Waals surface area contributed by atoms with E-state index in [0.717, 1.165) is 18.8 Å². The number of benzene rings is 1. The van der Waals surface area contributed by atoms with E-state index in [9.17, 15) is 4.39 Å². The van der Waals surface area contributed by atoms with Crippen LogP contribution in [-0.4, -0.2) is 38.7 Å². The molecule has 100 valence electrons. The van der Waals surface area contributed by atoms with E-state index in [2.05, 4.69) is 17.3 Å². The summed E-state index contributed by atoms with van der Waals surface area (Å²) in [6.45, 7) is 3.22. The second kappa shape index (κ2) is 6.05. The molecule has 18 heavy (non-hydrogen) atoms. The van der Waals surface area contributed by atoms with Crippen LogP contribution >= 0.6 is 0 Å². The minimum atomic E-state index is -0.269. The lowest BCUT2D eigenvalue weighted by Crippen LogP contribution is -2.35. The maximum atomic E-state index is 13.1. The zero-order chi connectivity index (χ0) is 13.0. The molecule has 1 aliphatic heterocycles. The summed E-state index contributed by atoms with van der Waals surface area (Å²) in [5.41, 5.74) is 0.868. The highest BCUT2D eigenvalue weighted by molar-refractivity contribution is 5.56. The molecule has 2 rings (SSSR count). The van der Waals surface area contributed by atoms with Gasteiger partial charge in [0.05, 0.1) is 12.8 Å². The number of halogens is 1. The molecule has 0 saturated carbocycles. The molecule has 1 saturated heterocycles. The highest BCUT2D eigenvalue weighted by atomic mass is 19.1. The largest absolute Gasteiger partial charge is 0.494 e. The quantitative estimate of drug-likeness (QED) is 0.891. The minimum absolute atomic E-state index is 0.269. The Morgan fingerprint density at radius 2 is 2.33 bits per heavy atom. The fourth-order valence-corrected chi connectivity index (χ4v) is 2.51. The summed E-state index contributed by atoms with van der Waals surface area (Å²) in [4.78, 5) is 2.36. The van der Waals surface area contributed by atoms with Gasteiger partial charge < -0.3 is 15.0 Å². The number of methoxy groups -OCH3 is 1. The van der Waals surface area contributed by atoms with E-state index >= 15 is 0 Å². The van der Waals surface area contributed by atoms with Crippen molar-refractivity contribution in [2.45, 2.75) is 12.8 Å². The fraction of sp³-hybridized carbons (Fsp3) is 0.571. The van der Waals surface area contributed by atoms with Crippen LogP contribution in [0.2, 0.25) is 0 Å². The normalized spacial score (nSPS) is 20.7. The van der Waals surface area contributed by atoms with Gasteiger partial charge in [-0.2, -0.15) is 0 Å². The highest BCUT2D eigenvalue weighted by Crippen LogP contribution is 2.26. The van der Waals surface area contributed by atoms with Gasteiger partial charge in [0, 0.05) is 19.2 Å². The Morgan fingerprint density at radius 1 is 1.50 bits per heavy atom. The van der Waals surface area contributed by atoms with Crippen molar-refractivity contribution in [2.75, 3.05) is 39.1 Å². The second-order valence-electron chi connectivity index (χ2n) is 5.00. The van der Waals surface area contributed by atoms with Gasteiger partial charge in [-0.3, -0.25) is 0 Å². The van der Waals surface area contributed by atoms with E-state index in [4.69, 9.17) is 4.74 Å². The van der Waals surface area contributed by atoms with E-state index in [0.29, 0.717) is 11.7 Å². The Bertz CT molecular complexity index is 397. The molecular weight excluding hydrogens is 231 g/mol. The first-order valence-corrected chi connectivity index (χ1v) is 6.45. The second-order valence-corrected chi connectivity index (χ2v) is 5.00. The predicted octanol–water partition coefficient (Wildman–Crippen LogP) is 2.59. The van der Waals surface area contributed by atoms with Crippen molar-refractivity contribution in [3.8, 4) is 5.75 Å². The third-order valence-corrected chi connectivity index (χ3v) is 3.47. The molecule has 0 spiro atoms. The molecule has 0 aliphatic carbocycles. The number of nitrogens with one attached hydrogen (secondary N) is 1. The van der Waals surface area contributed by atoms with Crippen molar-refractivity contribution < 1.29 is 9.13 Å². The number of ether oxygens (including phenoxy) is 1. The lowest BCUT2D eigenvalue weighted by atomic mass is 9.98. The van der Waals surface area contributed by atoms with Crippen LogP contribution in [0, 0.1) is 11.7 Å². The van der Waals surface area contributed by atoms with Gasteiger partial charge in [-0.25, -0.2) is 4.39 Å². The van der Waals surface area contributed by atoms with Crippen molar-refractivity contribution in [1.29, 1.82) is 0 Å². The van der Waals surface area contributed by atoms with Crippen LogP contribution in [0.3, 0.4) is 0 Å². The van der Waals surface area contributed by atoms with Gasteiger partial charge in [0.1, 0.15) is 11.6 Å². The standard InChI is InChI=1S/C14H21FN2O/c1-17-7-3-4-11(10-17)9-16-13-6-5-12(15)8-14(13)18-2/h5-6,8,11,16H,3-4,7,9-10H2,1-2H3. The number of hydrogen-bond donors (Lipinski definition) is 1. The van der Waals surface area contributed by atoms with Gasteiger partial charge in [0.2, 0.25) is 0 Å². The van der Waals surface area contributed by atoms with Crippen molar-refractivity contribution in [1.82, 2.24) is 4.90 Å². The molecule has 1 heterocycles. The molecule has 0 amide bonds. The zero-order valence-electron chi connectivity index (χ0n) is 11.1. The van der Waals surface area contributed by atoms with Crippen LogP contribution in [0.5, 0.6) is 5.75 Å². The summed E-state index contributed by atoms with van der Waals surface area (Å²) in [5, 5.41) is 3.36. The van der Waals surface area contributed by atoms with Crippen LogP contribution in [-0.2, 0) is 0 Å². The summed E-state index contributed by atoms with van der Waals surface area (Å²) < 4.78 is 18.2. The zero-order valence-corrected chi connectivity index (χ0v) is 11.1. The average Bonchev–Trinajstić information content (AvgIpc) is 2.37. The van der Waals surface area contributed by atoms with Crippen molar-refractivity contribution in [3.63, 3.8) is 0 Å². The number of nitrogens with zero attached hydrogens (tertiary/aromatic N) is 1. The molecule has 1 aliphatic rings.